The molecule has 0 saturated carbocycles. The SMILES string of the molecule is CCCC(CCC)C(=O)C1CCOCC1. The van der Waals surface area contributed by atoms with Gasteiger partial charge in [-0.3, -0.25) is 4.79 Å². The zero-order valence-corrected chi connectivity index (χ0v) is 10.1. The van der Waals surface area contributed by atoms with E-state index >= 15 is 0 Å². The summed E-state index contributed by atoms with van der Waals surface area (Å²) >= 11 is 0. The minimum atomic E-state index is 0.293. The lowest BCUT2D eigenvalue weighted by molar-refractivity contribution is -0.130. The molecule has 0 N–H and O–H groups in total. The summed E-state index contributed by atoms with van der Waals surface area (Å²) in [5.41, 5.74) is 0. The predicted octanol–water partition coefficient (Wildman–Crippen LogP) is 3.20. The molecular formula is C13H24O2. The van der Waals surface area contributed by atoms with Gasteiger partial charge >= 0.3 is 0 Å². The van der Waals surface area contributed by atoms with E-state index in [1.807, 2.05) is 0 Å². The van der Waals surface area contributed by atoms with Crippen molar-refractivity contribution in [3.05, 3.63) is 0 Å². The summed E-state index contributed by atoms with van der Waals surface area (Å²) < 4.78 is 5.30. The number of hydrogen-bond donors (Lipinski definition) is 0. The number of Topliss-reactive ketones (excluding diaryl/α,β-unsaturated/α-hetero) is 1. The number of ether oxygens (including phenoxy) is 1. The van der Waals surface area contributed by atoms with Crippen LogP contribution in [0.15, 0.2) is 0 Å². The number of hydrogen-bond acceptors (Lipinski definition) is 2. The Labute approximate surface area is 93.4 Å². The third-order valence-corrected chi connectivity index (χ3v) is 3.30. The fourth-order valence-electron chi connectivity index (χ4n) is 2.44. The van der Waals surface area contributed by atoms with Crippen molar-refractivity contribution in [1.82, 2.24) is 0 Å². The van der Waals surface area contributed by atoms with Crippen molar-refractivity contribution in [2.45, 2.75) is 52.4 Å². The number of carbonyl (C=O) groups excluding carboxylic acids is 1. The zero-order chi connectivity index (χ0) is 11.1. The van der Waals surface area contributed by atoms with E-state index in [9.17, 15) is 4.79 Å². The molecule has 2 heteroatoms. The van der Waals surface area contributed by atoms with Crippen molar-refractivity contribution in [3.8, 4) is 0 Å². The summed E-state index contributed by atoms with van der Waals surface area (Å²) in [6, 6.07) is 0. The molecule has 1 heterocycles. The highest BCUT2D eigenvalue weighted by Crippen LogP contribution is 2.24. The molecule has 1 saturated heterocycles. The topological polar surface area (TPSA) is 26.3 Å². The van der Waals surface area contributed by atoms with Gasteiger partial charge in [0.15, 0.2) is 0 Å². The van der Waals surface area contributed by atoms with Crippen LogP contribution in [-0.2, 0) is 9.53 Å². The molecule has 1 aliphatic rings. The first-order valence-electron chi connectivity index (χ1n) is 6.41. The van der Waals surface area contributed by atoms with Crippen molar-refractivity contribution < 1.29 is 9.53 Å². The molecule has 0 amide bonds. The summed E-state index contributed by atoms with van der Waals surface area (Å²) in [7, 11) is 0. The molecule has 0 bridgehead atoms. The van der Waals surface area contributed by atoms with E-state index in [2.05, 4.69) is 13.8 Å². The molecule has 0 spiro atoms. The van der Waals surface area contributed by atoms with Crippen LogP contribution >= 0.6 is 0 Å². The van der Waals surface area contributed by atoms with Gasteiger partial charge in [0.2, 0.25) is 0 Å². The standard InChI is InChI=1S/C13H24O2/c1-3-5-11(6-4-2)13(14)12-7-9-15-10-8-12/h11-12H,3-10H2,1-2H3. The molecule has 15 heavy (non-hydrogen) atoms. The van der Waals surface area contributed by atoms with Crippen LogP contribution in [0.5, 0.6) is 0 Å². The Morgan fingerprint density at radius 3 is 2.20 bits per heavy atom. The highest BCUT2D eigenvalue weighted by atomic mass is 16.5. The number of rotatable bonds is 6. The Hall–Kier alpha value is -0.370. The Balaban J connectivity index is 2.45. The van der Waals surface area contributed by atoms with Gasteiger partial charge in [0, 0.05) is 25.0 Å². The maximum Gasteiger partial charge on any atom is 0.139 e. The number of carbonyl (C=O) groups is 1. The van der Waals surface area contributed by atoms with E-state index in [0.29, 0.717) is 17.6 Å². The van der Waals surface area contributed by atoms with Gasteiger partial charge in [-0.25, -0.2) is 0 Å². The molecule has 0 unspecified atom stereocenters. The molecule has 0 radical (unpaired) electrons. The summed E-state index contributed by atoms with van der Waals surface area (Å²) in [5, 5.41) is 0. The Kier molecular flexibility index (Phi) is 5.92. The molecule has 0 aliphatic carbocycles. The minimum absolute atomic E-state index is 0.293. The van der Waals surface area contributed by atoms with Crippen molar-refractivity contribution in [3.63, 3.8) is 0 Å². The summed E-state index contributed by atoms with van der Waals surface area (Å²) in [6.07, 6.45) is 6.29. The third kappa shape index (κ3) is 3.94. The van der Waals surface area contributed by atoms with Crippen LogP contribution in [0.2, 0.25) is 0 Å². The smallest absolute Gasteiger partial charge is 0.139 e. The summed E-state index contributed by atoms with van der Waals surface area (Å²) in [4.78, 5) is 12.2. The first-order valence-corrected chi connectivity index (χ1v) is 6.41. The van der Waals surface area contributed by atoms with Crippen LogP contribution < -0.4 is 0 Å². The van der Waals surface area contributed by atoms with E-state index in [1.54, 1.807) is 0 Å². The fraction of sp³-hybridized carbons (Fsp3) is 0.923. The van der Waals surface area contributed by atoms with Crippen LogP contribution in [0.25, 0.3) is 0 Å². The van der Waals surface area contributed by atoms with Crippen molar-refractivity contribution in [2.75, 3.05) is 13.2 Å². The minimum Gasteiger partial charge on any atom is -0.381 e. The van der Waals surface area contributed by atoms with Crippen molar-refractivity contribution in [1.29, 1.82) is 0 Å². The molecule has 0 aromatic carbocycles. The van der Waals surface area contributed by atoms with Crippen LogP contribution in [0, 0.1) is 11.8 Å². The maximum atomic E-state index is 12.2. The van der Waals surface area contributed by atoms with Gasteiger partial charge in [0.25, 0.3) is 0 Å². The van der Waals surface area contributed by atoms with Crippen LogP contribution in [-0.4, -0.2) is 19.0 Å². The molecule has 1 aliphatic heterocycles. The average molecular weight is 212 g/mol. The summed E-state index contributed by atoms with van der Waals surface area (Å²) in [6.45, 7) is 5.89. The highest BCUT2D eigenvalue weighted by molar-refractivity contribution is 5.83. The van der Waals surface area contributed by atoms with E-state index in [0.717, 1.165) is 51.7 Å². The zero-order valence-electron chi connectivity index (χ0n) is 10.1. The first kappa shape index (κ1) is 12.7. The molecule has 1 fully saturated rings. The quantitative estimate of drug-likeness (QED) is 0.676. The van der Waals surface area contributed by atoms with Gasteiger partial charge in [-0.2, -0.15) is 0 Å². The lowest BCUT2D eigenvalue weighted by atomic mass is 9.83. The first-order chi connectivity index (χ1) is 7.29. The lowest BCUT2D eigenvalue weighted by Crippen LogP contribution is -2.29. The normalized spacial score (nSPS) is 18.3. The highest BCUT2D eigenvalue weighted by Gasteiger charge is 2.27. The molecule has 0 aromatic rings. The molecule has 1 rings (SSSR count). The van der Waals surface area contributed by atoms with E-state index in [4.69, 9.17) is 4.74 Å². The average Bonchev–Trinajstić information content (AvgIpc) is 2.29. The molecule has 0 atom stereocenters. The largest absolute Gasteiger partial charge is 0.381 e. The van der Waals surface area contributed by atoms with Crippen molar-refractivity contribution in [2.24, 2.45) is 11.8 Å². The van der Waals surface area contributed by atoms with E-state index in [1.165, 1.54) is 0 Å². The Bertz CT molecular complexity index is 177. The number of ketones is 1. The summed E-state index contributed by atoms with van der Waals surface area (Å²) in [5.74, 6) is 1.13. The third-order valence-electron chi connectivity index (χ3n) is 3.30. The predicted molar refractivity (Wildman–Crippen MR) is 61.9 cm³/mol. The lowest BCUT2D eigenvalue weighted by Gasteiger charge is -2.25. The van der Waals surface area contributed by atoms with Gasteiger partial charge in [-0.1, -0.05) is 26.7 Å². The Morgan fingerprint density at radius 2 is 1.73 bits per heavy atom. The molecule has 88 valence electrons. The second-order valence-electron chi connectivity index (χ2n) is 4.56. The van der Waals surface area contributed by atoms with Gasteiger partial charge < -0.3 is 4.74 Å². The van der Waals surface area contributed by atoms with Crippen LogP contribution in [0.1, 0.15) is 52.4 Å². The van der Waals surface area contributed by atoms with Crippen LogP contribution in [0.3, 0.4) is 0 Å². The van der Waals surface area contributed by atoms with Gasteiger partial charge in [0.05, 0.1) is 0 Å². The van der Waals surface area contributed by atoms with Gasteiger partial charge in [-0.15, -0.1) is 0 Å². The monoisotopic (exact) mass is 212 g/mol. The fourth-order valence-corrected chi connectivity index (χ4v) is 2.44. The maximum absolute atomic E-state index is 12.2. The second kappa shape index (κ2) is 7.00. The van der Waals surface area contributed by atoms with Gasteiger partial charge in [0.1, 0.15) is 5.78 Å². The molecular weight excluding hydrogens is 188 g/mol. The second-order valence-corrected chi connectivity index (χ2v) is 4.56. The molecule has 0 aromatic heterocycles. The van der Waals surface area contributed by atoms with Crippen molar-refractivity contribution >= 4 is 5.78 Å². The van der Waals surface area contributed by atoms with E-state index in [-0.39, 0.29) is 0 Å². The van der Waals surface area contributed by atoms with Gasteiger partial charge in [-0.05, 0) is 25.7 Å². The van der Waals surface area contributed by atoms with Crippen LogP contribution in [0.4, 0.5) is 0 Å². The molecule has 2 nitrogen and oxygen atoms in total. The van der Waals surface area contributed by atoms with E-state index < -0.39 is 0 Å². The Morgan fingerprint density at radius 1 is 1.20 bits per heavy atom.